The number of amides is 1. The largest absolute Gasteiger partial charge is 0.469 e. The fourth-order valence-corrected chi connectivity index (χ4v) is 2.04. The first-order valence-electron chi connectivity index (χ1n) is 5.47. The van der Waals surface area contributed by atoms with Crippen molar-refractivity contribution in [3.63, 3.8) is 0 Å². The third kappa shape index (κ3) is 3.42. The van der Waals surface area contributed by atoms with Crippen LogP contribution in [0.5, 0.6) is 0 Å². The number of hydrogen-bond donors (Lipinski definition) is 1. The molecule has 0 bridgehead atoms. The fourth-order valence-electron chi connectivity index (χ4n) is 1.51. The summed E-state index contributed by atoms with van der Waals surface area (Å²) in [6.45, 7) is 1.98. The van der Waals surface area contributed by atoms with Crippen LogP contribution in [-0.2, 0) is 6.42 Å². The van der Waals surface area contributed by atoms with E-state index in [1.165, 1.54) is 11.3 Å². The predicted molar refractivity (Wildman–Crippen MR) is 66.1 cm³/mol. The van der Waals surface area contributed by atoms with Gasteiger partial charge in [-0.1, -0.05) is 0 Å². The van der Waals surface area contributed by atoms with Gasteiger partial charge in [0, 0.05) is 17.8 Å². The molecule has 2 aromatic heterocycles. The molecule has 17 heavy (non-hydrogen) atoms. The Kier molecular flexibility index (Phi) is 3.93. The summed E-state index contributed by atoms with van der Waals surface area (Å²) in [6.07, 6.45) is 3.34. The zero-order chi connectivity index (χ0) is 12.1. The van der Waals surface area contributed by atoms with Crippen molar-refractivity contribution in [3.8, 4) is 0 Å². The van der Waals surface area contributed by atoms with Crippen LogP contribution in [-0.4, -0.2) is 16.9 Å². The third-order valence-electron chi connectivity index (χ3n) is 2.45. The Morgan fingerprint density at radius 2 is 2.53 bits per heavy atom. The van der Waals surface area contributed by atoms with Crippen LogP contribution in [0.4, 0.5) is 0 Å². The quantitative estimate of drug-likeness (QED) is 0.887. The molecule has 1 atom stereocenters. The summed E-state index contributed by atoms with van der Waals surface area (Å²) in [6, 6.07) is 3.91. The Bertz CT molecular complexity index is 451. The number of carbonyl (C=O) groups is 1. The van der Waals surface area contributed by atoms with Crippen LogP contribution in [0, 0.1) is 0 Å². The van der Waals surface area contributed by atoms with Crippen LogP contribution < -0.4 is 5.32 Å². The number of rotatable bonds is 5. The summed E-state index contributed by atoms with van der Waals surface area (Å²) in [4.78, 5) is 15.7. The summed E-state index contributed by atoms with van der Waals surface area (Å²) >= 11 is 1.42. The van der Waals surface area contributed by atoms with Crippen LogP contribution in [0.2, 0.25) is 0 Å². The maximum absolute atomic E-state index is 11.7. The number of aryl methyl sites for hydroxylation is 1. The topological polar surface area (TPSA) is 55.1 Å². The molecule has 0 aliphatic heterocycles. The van der Waals surface area contributed by atoms with E-state index in [1.54, 1.807) is 17.2 Å². The Hall–Kier alpha value is -1.62. The van der Waals surface area contributed by atoms with Crippen molar-refractivity contribution >= 4 is 17.2 Å². The van der Waals surface area contributed by atoms with Gasteiger partial charge in [0.25, 0.3) is 5.91 Å². The third-order valence-corrected chi connectivity index (χ3v) is 3.03. The van der Waals surface area contributed by atoms with E-state index in [1.807, 2.05) is 19.1 Å². The molecule has 2 rings (SSSR count). The average molecular weight is 250 g/mol. The van der Waals surface area contributed by atoms with Crippen LogP contribution >= 0.6 is 11.3 Å². The highest BCUT2D eigenvalue weighted by atomic mass is 32.1. The second-order valence-electron chi connectivity index (χ2n) is 3.87. The van der Waals surface area contributed by atoms with Crippen LogP contribution in [0.25, 0.3) is 0 Å². The van der Waals surface area contributed by atoms with E-state index in [0.29, 0.717) is 5.69 Å². The van der Waals surface area contributed by atoms with E-state index < -0.39 is 0 Å². The molecule has 2 heterocycles. The molecule has 4 nitrogen and oxygen atoms in total. The molecular weight excluding hydrogens is 236 g/mol. The normalized spacial score (nSPS) is 12.3. The average Bonchev–Trinajstić information content (AvgIpc) is 2.99. The molecule has 0 aliphatic rings. The minimum Gasteiger partial charge on any atom is -0.469 e. The van der Waals surface area contributed by atoms with E-state index in [2.05, 4.69) is 10.3 Å². The van der Waals surface area contributed by atoms with Gasteiger partial charge >= 0.3 is 0 Å². The minimum absolute atomic E-state index is 0.106. The lowest BCUT2D eigenvalue weighted by Gasteiger charge is -2.11. The highest BCUT2D eigenvalue weighted by Gasteiger charge is 2.11. The van der Waals surface area contributed by atoms with Crippen LogP contribution in [0.15, 0.2) is 33.7 Å². The number of furan rings is 1. The van der Waals surface area contributed by atoms with Gasteiger partial charge in [-0.25, -0.2) is 4.98 Å². The smallest absolute Gasteiger partial charge is 0.270 e. The van der Waals surface area contributed by atoms with Crippen molar-refractivity contribution in [1.29, 1.82) is 0 Å². The Morgan fingerprint density at radius 1 is 1.65 bits per heavy atom. The molecule has 90 valence electrons. The molecule has 1 N–H and O–H groups in total. The molecule has 0 spiro atoms. The second kappa shape index (κ2) is 5.63. The van der Waals surface area contributed by atoms with Gasteiger partial charge in [-0.15, -0.1) is 11.3 Å². The first-order valence-corrected chi connectivity index (χ1v) is 6.41. The van der Waals surface area contributed by atoms with Crippen molar-refractivity contribution in [2.45, 2.75) is 25.8 Å². The summed E-state index contributed by atoms with van der Waals surface area (Å²) in [5.41, 5.74) is 2.14. The molecule has 0 saturated heterocycles. The number of thiazole rings is 1. The minimum atomic E-state index is -0.113. The number of nitrogens with one attached hydrogen (secondary N) is 1. The summed E-state index contributed by atoms with van der Waals surface area (Å²) in [5.74, 6) is 0.831. The van der Waals surface area contributed by atoms with Gasteiger partial charge in [0.15, 0.2) is 0 Å². The van der Waals surface area contributed by atoms with E-state index in [-0.39, 0.29) is 11.9 Å². The maximum Gasteiger partial charge on any atom is 0.270 e. The van der Waals surface area contributed by atoms with Crippen molar-refractivity contribution in [2.24, 2.45) is 0 Å². The molecule has 0 saturated carbocycles. The van der Waals surface area contributed by atoms with Gasteiger partial charge < -0.3 is 9.73 Å². The van der Waals surface area contributed by atoms with E-state index in [9.17, 15) is 4.79 Å². The molecule has 0 aliphatic carbocycles. The molecule has 0 radical (unpaired) electrons. The Morgan fingerprint density at radius 3 is 3.18 bits per heavy atom. The summed E-state index contributed by atoms with van der Waals surface area (Å²) in [7, 11) is 0. The lowest BCUT2D eigenvalue weighted by molar-refractivity contribution is 0.0934. The van der Waals surface area contributed by atoms with Gasteiger partial charge in [-0.2, -0.15) is 0 Å². The highest BCUT2D eigenvalue weighted by molar-refractivity contribution is 7.07. The molecular formula is C12H14N2O2S. The van der Waals surface area contributed by atoms with Crippen molar-refractivity contribution in [3.05, 3.63) is 40.7 Å². The molecule has 0 fully saturated rings. The maximum atomic E-state index is 11.7. The molecule has 5 heteroatoms. The fraction of sp³-hybridized carbons (Fsp3) is 0.333. The lowest BCUT2D eigenvalue weighted by Crippen LogP contribution is -2.33. The SMILES string of the molecule is C[C@H](CCc1ccco1)NC(=O)c1cscn1. The highest BCUT2D eigenvalue weighted by Crippen LogP contribution is 2.07. The zero-order valence-electron chi connectivity index (χ0n) is 9.55. The Labute approximate surface area is 104 Å². The summed E-state index contributed by atoms with van der Waals surface area (Å²) < 4.78 is 5.24. The van der Waals surface area contributed by atoms with Gasteiger partial charge in [-0.3, -0.25) is 4.79 Å². The van der Waals surface area contributed by atoms with E-state index >= 15 is 0 Å². The number of aromatic nitrogens is 1. The van der Waals surface area contributed by atoms with E-state index in [0.717, 1.165) is 18.6 Å². The Balaban J connectivity index is 1.77. The van der Waals surface area contributed by atoms with Crippen molar-refractivity contribution < 1.29 is 9.21 Å². The summed E-state index contributed by atoms with van der Waals surface area (Å²) in [5, 5.41) is 4.65. The van der Waals surface area contributed by atoms with Gasteiger partial charge in [0.1, 0.15) is 11.5 Å². The monoisotopic (exact) mass is 250 g/mol. The number of carbonyl (C=O) groups excluding carboxylic acids is 1. The molecule has 1 amide bonds. The van der Waals surface area contributed by atoms with Gasteiger partial charge in [0.05, 0.1) is 11.8 Å². The van der Waals surface area contributed by atoms with Gasteiger partial charge in [0.2, 0.25) is 0 Å². The predicted octanol–water partition coefficient (Wildman–Crippen LogP) is 2.49. The first-order chi connectivity index (χ1) is 8.25. The van der Waals surface area contributed by atoms with Crippen molar-refractivity contribution in [1.82, 2.24) is 10.3 Å². The zero-order valence-corrected chi connectivity index (χ0v) is 10.4. The van der Waals surface area contributed by atoms with Crippen LogP contribution in [0.3, 0.4) is 0 Å². The number of hydrogen-bond acceptors (Lipinski definition) is 4. The first kappa shape index (κ1) is 11.9. The lowest BCUT2D eigenvalue weighted by atomic mass is 10.1. The van der Waals surface area contributed by atoms with Gasteiger partial charge in [-0.05, 0) is 25.5 Å². The van der Waals surface area contributed by atoms with E-state index in [4.69, 9.17) is 4.42 Å². The molecule has 0 unspecified atom stereocenters. The second-order valence-corrected chi connectivity index (χ2v) is 4.58. The molecule has 2 aromatic rings. The number of nitrogens with zero attached hydrogens (tertiary/aromatic N) is 1. The van der Waals surface area contributed by atoms with Crippen LogP contribution in [0.1, 0.15) is 29.6 Å². The van der Waals surface area contributed by atoms with Crippen molar-refractivity contribution in [2.75, 3.05) is 0 Å². The standard InChI is InChI=1S/C12H14N2O2S/c1-9(4-5-10-3-2-6-16-10)14-12(15)11-7-17-8-13-11/h2-3,6-9H,4-5H2,1H3,(H,14,15)/t9-/m1/s1. The molecule has 0 aromatic carbocycles.